The molecule has 0 aliphatic carbocycles. The van der Waals surface area contributed by atoms with Crippen LogP contribution >= 0.6 is 0 Å². The molecule has 1 aliphatic rings. The maximum atomic E-state index is 8.95. The Balaban J connectivity index is 2.91. The van der Waals surface area contributed by atoms with Gasteiger partial charge < -0.3 is 4.90 Å². The van der Waals surface area contributed by atoms with E-state index in [0.717, 1.165) is 19.6 Å². The largest absolute Gasteiger partial charge is 0.301 e. The fourth-order valence-corrected chi connectivity index (χ4v) is 2.67. The quantitative estimate of drug-likeness (QED) is 0.701. The van der Waals surface area contributed by atoms with Gasteiger partial charge in [0.05, 0.1) is 12.5 Å². The molecule has 3 heteroatoms. The molecule has 1 heterocycles. The molecule has 1 fully saturated rings. The molecule has 1 unspecified atom stereocenters. The molecule has 0 aromatic carbocycles. The highest BCUT2D eigenvalue weighted by atomic mass is 15.3. The lowest BCUT2D eigenvalue weighted by Crippen LogP contribution is -2.48. The first kappa shape index (κ1) is 14.5. The molecule has 0 bridgehead atoms. The van der Waals surface area contributed by atoms with Gasteiger partial charge in [0.1, 0.15) is 0 Å². The predicted molar refractivity (Wildman–Crippen MR) is 71.8 cm³/mol. The van der Waals surface area contributed by atoms with Gasteiger partial charge in [-0.25, -0.2) is 0 Å². The van der Waals surface area contributed by atoms with Crippen molar-refractivity contribution in [3.63, 3.8) is 0 Å². The summed E-state index contributed by atoms with van der Waals surface area (Å²) in [5.74, 6) is 0. The van der Waals surface area contributed by atoms with E-state index in [-0.39, 0.29) is 11.0 Å². The van der Waals surface area contributed by atoms with Crippen LogP contribution in [0, 0.1) is 16.7 Å². The molecule has 1 saturated heterocycles. The second-order valence-electron chi connectivity index (χ2n) is 7.15. The van der Waals surface area contributed by atoms with Crippen molar-refractivity contribution >= 4 is 0 Å². The van der Waals surface area contributed by atoms with E-state index < -0.39 is 0 Å². The van der Waals surface area contributed by atoms with Crippen molar-refractivity contribution in [1.82, 2.24) is 9.80 Å². The summed E-state index contributed by atoms with van der Waals surface area (Å²) >= 11 is 0. The molecule has 0 aromatic rings. The van der Waals surface area contributed by atoms with E-state index in [0.29, 0.717) is 12.5 Å². The van der Waals surface area contributed by atoms with Gasteiger partial charge in [0.15, 0.2) is 0 Å². The maximum Gasteiger partial charge on any atom is 0.0638 e. The average Bonchev–Trinajstić information content (AvgIpc) is 2.22. The van der Waals surface area contributed by atoms with Crippen molar-refractivity contribution in [2.24, 2.45) is 5.41 Å². The van der Waals surface area contributed by atoms with Crippen LogP contribution in [0.2, 0.25) is 0 Å². The molecule has 1 rings (SSSR count). The molecular formula is C14H27N3. The minimum absolute atomic E-state index is 0.177. The van der Waals surface area contributed by atoms with Gasteiger partial charge in [-0.15, -0.1) is 0 Å². The van der Waals surface area contributed by atoms with Gasteiger partial charge in [0.25, 0.3) is 0 Å². The Morgan fingerprint density at radius 2 is 1.88 bits per heavy atom. The van der Waals surface area contributed by atoms with Crippen LogP contribution in [0.25, 0.3) is 0 Å². The Morgan fingerprint density at radius 1 is 1.29 bits per heavy atom. The molecule has 0 spiro atoms. The van der Waals surface area contributed by atoms with Crippen LogP contribution in [0.5, 0.6) is 0 Å². The van der Waals surface area contributed by atoms with Gasteiger partial charge >= 0.3 is 0 Å². The smallest absolute Gasteiger partial charge is 0.0638 e. The third-order valence-corrected chi connectivity index (χ3v) is 3.63. The van der Waals surface area contributed by atoms with Crippen molar-refractivity contribution < 1.29 is 0 Å². The van der Waals surface area contributed by atoms with E-state index in [2.05, 4.69) is 57.5 Å². The summed E-state index contributed by atoms with van der Waals surface area (Å²) in [4.78, 5) is 4.88. The van der Waals surface area contributed by atoms with Gasteiger partial charge in [0.2, 0.25) is 0 Å². The minimum atomic E-state index is 0.177. The highest BCUT2D eigenvalue weighted by molar-refractivity contribution is 4.94. The van der Waals surface area contributed by atoms with Crippen molar-refractivity contribution in [1.29, 1.82) is 5.26 Å². The number of rotatable bonds is 1. The van der Waals surface area contributed by atoms with Crippen molar-refractivity contribution in [2.75, 3.05) is 26.7 Å². The fraction of sp³-hybridized carbons (Fsp3) is 0.929. The van der Waals surface area contributed by atoms with E-state index in [1.54, 1.807) is 0 Å². The van der Waals surface area contributed by atoms with Crippen molar-refractivity contribution in [3.05, 3.63) is 0 Å². The summed E-state index contributed by atoms with van der Waals surface area (Å²) in [5.41, 5.74) is 0.461. The summed E-state index contributed by atoms with van der Waals surface area (Å²) < 4.78 is 0. The molecular weight excluding hydrogens is 210 g/mol. The van der Waals surface area contributed by atoms with E-state index in [1.165, 1.54) is 0 Å². The first-order valence-electron chi connectivity index (χ1n) is 6.48. The second-order valence-corrected chi connectivity index (χ2v) is 7.15. The Hall–Kier alpha value is -0.590. The lowest BCUT2D eigenvalue weighted by molar-refractivity contribution is 0.0976. The number of likely N-dealkylation sites (N-methyl/N-ethyl adjacent to an activating group) is 1. The van der Waals surface area contributed by atoms with E-state index >= 15 is 0 Å². The van der Waals surface area contributed by atoms with Crippen LogP contribution in [0.15, 0.2) is 0 Å². The average molecular weight is 237 g/mol. The molecule has 17 heavy (non-hydrogen) atoms. The van der Waals surface area contributed by atoms with Gasteiger partial charge in [-0.05, 0) is 33.2 Å². The molecule has 0 amide bonds. The number of hydrogen-bond donors (Lipinski definition) is 0. The molecule has 1 aliphatic heterocycles. The Labute approximate surface area is 106 Å². The summed E-state index contributed by atoms with van der Waals surface area (Å²) in [6, 6.07) is 2.69. The summed E-state index contributed by atoms with van der Waals surface area (Å²) in [6.07, 6.45) is 0.624. The van der Waals surface area contributed by atoms with Crippen LogP contribution in [0.3, 0.4) is 0 Å². The first-order valence-corrected chi connectivity index (χ1v) is 6.48. The lowest BCUT2D eigenvalue weighted by atomic mass is 9.91. The Kier molecular flexibility index (Phi) is 4.22. The third-order valence-electron chi connectivity index (χ3n) is 3.63. The molecule has 0 N–H and O–H groups in total. The van der Waals surface area contributed by atoms with Crippen LogP contribution in [-0.4, -0.2) is 48.1 Å². The summed E-state index contributed by atoms with van der Waals surface area (Å²) in [6.45, 7) is 14.6. The molecule has 98 valence electrons. The zero-order valence-corrected chi connectivity index (χ0v) is 12.2. The monoisotopic (exact) mass is 237 g/mol. The van der Waals surface area contributed by atoms with Crippen molar-refractivity contribution in [2.45, 2.75) is 52.6 Å². The van der Waals surface area contributed by atoms with Crippen molar-refractivity contribution in [3.8, 4) is 6.07 Å². The van der Waals surface area contributed by atoms with Gasteiger partial charge in [-0.3, -0.25) is 4.90 Å². The molecule has 0 aromatic heterocycles. The van der Waals surface area contributed by atoms with Crippen LogP contribution < -0.4 is 0 Å². The van der Waals surface area contributed by atoms with Gasteiger partial charge in [0, 0.05) is 31.2 Å². The molecule has 1 atom stereocenters. The second kappa shape index (κ2) is 4.96. The SMILES string of the molecule is CN1CC(C)(C)CN(C(C)(C)C)CC1CC#N. The van der Waals surface area contributed by atoms with Gasteiger partial charge in [-0.1, -0.05) is 13.8 Å². The van der Waals surface area contributed by atoms with E-state index in [1.807, 2.05) is 0 Å². The number of nitriles is 1. The van der Waals surface area contributed by atoms with E-state index in [9.17, 15) is 0 Å². The Bertz CT molecular complexity index is 296. The van der Waals surface area contributed by atoms with Crippen LogP contribution in [0.1, 0.15) is 41.0 Å². The number of nitrogens with zero attached hydrogens (tertiary/aromatic N) is 3. The fourth-order valence-electron chi connectivity index (χ4n) is 2.67. The zero-order valence-electron chi connectivity index (χ0n) is 12.2. The van der Waals surface area contributed by atoms with Crippen LogP contribution in [-0.2, 0) is 0 Å². The molecule has 0 saturated carbocycles. The molecule has 3 nitrogen and oxygen atoms in total. The zero-order chi connectivity index (χ0) is 13.3. The van der Waals surface area contributed by atoms with E-state index in [4.69, 9.17) is 5.26 Å². The third kappa shape index (κ3) is 3.97. The first-order chi connectivity index (χ1) is 7.65. The maximum absolute atomic E-state index is 8.95. The minimum Gasteiger partial charge on any atom is -0.301 e. The topological polar surface area (TPSA) is 30.3 Å². The predicted octanol–water partition coefficient (Wildman–Crippen LogP) is 2.34. The van der Waals surface area contributed by atoms with Gasteiger partial charge in [-0.2, -0.15) is 5.26 Å². The normalized spacial score (nSPS) is 27.5. The standard InChI is InChI=1S/C14H27N3/c1-13(2,3)17-9-12(7-8-15)16(6)10-14(4,5)11-17/h12H,7,9-11H2,1-6H3. The summed E-state index contributed by atoms with van der Waals surface area (Å²) in [5, 5.41) is 8.95. The molecule has 0 radical (unpaired) electrons. The van der Waals surface area contributed by atoms with Crippen LogP contribution in [0.4, 0.5) is 0 Å². The highest BCUT2D eigenvalue weighted by Gasteiger charge is 2.36. The summed E-state index contributed by atoms with van der Waals surface area (Å²) in [7, 11) is 2.15. The number of hydrogen-bond acceptors (Lipinski definition) is 3. The lowest BCUT2D eigenvalue weighted by Gasteiger charge is -2.39. The highest BCUT2D eigenvalue weighted by Crippen LogP contribution is 2.28. The Morgan fingerprint density at radius 3 is 2.35 bits per heavy atom.